The summed E-state index contributed by atoms with van der Waals surface area (Å²) in [4.78, 5) is 3.29. The van der Waals surface area contributed by atoms with Gasteiger partial charge in [-0.3, -0.25) is 0 Å². The van der Waals surface area contributed by atoms with Crippen LogP contribution in [-0.4, -0.2) is 9.55 Å². The molecule has 0 unspecified atom stereocenters. The van der Waals surface area contributed by atoms with E-state index in [1.165, 1.54) is 44.0 Å². The molecule has 1 heterocycles. The van der Waals surface area contributed by atoms with E-state index in [2.05, 4.69) is 33.8 Å². The average Bonchev–Trinajstić information content (AvgIpc) is 2.73. The lowest BCUT2D eigenvalue weighted by atomic mass is 9.87. The summed E-state index contributed by atoms with van der Waals surface area (Å²) in [5, 5.41) is 0. The molecule has 1 fully saturated rings. The number of para-hydroxylation sites is 2. The third-order valence-corrected chi connectivity index (χ3v) is 4.49. The van der Waals surface area contributed by atoms with Gasteiger partial charge in [0.1, 0.15) is 0 Å². The molecule has 0 radical (unpaired) electrons. The molecule has 2 nitrogen and oxygen atoms in total. The molecule has 1 aliphatic carbocycles. The molecule has 3 rings (SSSR count). The monoisotopic (exact) mass is 260 g/mol. The molecule has 2 aromatic rings. The van der Waals surface area contributed by atoms with Gasteiger partial charge in [-0.05, 0) is 36.7 Å². The van der Waals surface area contributed by atoms with Gasteiger partial charge >= 0.3 is 0 Å². The number of hydrogen-bond donors (Lipinski definition) is 1. The molecule has 1 saturated carbocycles. The fourth-order valence-electron chi connectivity index (χ4n) is 3.12. The maximum Gasteiger partial charge on any atom is 0.178 e. The zero-order chi connectivity index (χ0) is 12.4. The molecule has 18 heavy (non-hydrogen) atoms. The van der Waals surface area contributed by atoms with E-state index < -0.39 is 0 Å². The molecular formula is C15H20N2S. The minimum absolute atomic E-state index is 0.868. The Labute approximate surface area is 113 Å². The van der Waals surface area contributed by atoms with Gasteiger partial charge in [-0.25, -0.2) is 0 Å². The minimum Gasteiger partial charge on any atom is -0.331 e. The van der Waals surface area contributed by atoms with Crippen LogP contribution in [0, 0.1) is 10.7 Å². The molecule has 0 aliphatic heterocycles. The second-order valence-electron chi connectivity index (χ2n) is 5.39. The lowest BCUT2D eigenvalue weighted by Crippen LogP contribution is -2.10. The predicted octanol–water partition coefficient (Wildman–Crippen LogP) is 4.67. The van der Waals surface area contributed by atoms with E-state index in [-0.39, 0.29) is 0 Å². The Morgan fingerprint density at radius 2 is 1.94 bits per heavy atom. The molecular weight excluding hydrogens is 240 g/mol. The zero-order valence-corrected chi connectivity index (χ0v) is 11.5. The van der Waals surface area contributed by atoms with Crippen molar-refractivity contribution in [3.63, 3.8) is 0 Å². The Hall–Kier alpha value is -1.09. The van der Waals surface area contributed by atoms with E-state index in [4.69, 9.17) is 12.2 Å². The number of hydrogen-bond acceptors (Lipinski definition) is 1. The number of imidazole rings is 1. The molecule has 0 saturated heterocycles. The number of aryl methyl sites for hydroxylation is 1. The van der Waals surface area contributed by atoms with Gasteiger partial charge in [0.05, 0.1) is 11.0 Å². The van der Waals surface area contributed by atoms with Gasteiger partial charge in [0, 0.05) is 6.54 Å². The van der Waals surface area contributed by atoms with Crippen LogP contribution in [0.25, 0.3) is 11.0 Å². The highest BCUT2D eigenvalue weighted by Gasteiger charge is 2.14. The van der Waals surface area contributed by atoms with Gasteiger partial charge in [-0.2, -0.15) is 0 Å². The van der Waals surface area contributed by atoms with Crippen LogP contribution in [0.4, 0.5) is 0 Å². The molecule has 1 aromatic carbocycles. The Morgan fingerprint density at radius 3 is 2.78 bits per heavy atom. The SMILES string of the molecule is S=c1[nH]c2ccccc2n1CCC1CCCCC1. The van der Waals surface area contributed by atoms with Gasteiger partial charge < -0.3 is 9.55 Å². The predicted molar refractivity (Wildman–Crippen MR) is 78.3 cm³/mol. The Balaban J connectivity index is 1.77. The first-order valence-corrected chi connectivity index (χ1v) is 7.43. The van der Waals surface area contributed by atoms with Crippen molar-refractivity contribution in [3.05, 3.63) is 29.0 Å². The molecule has 1 aliphatic rings. The van der Waals surface area contributed by atoms with Crippen LogP contribution in [0.5, 0.6) is 0 Å². The second kappa shape index (κ2) is 5.27. The number of H-pyrrole nitrogens is 1. The molecule has 1 aromatic heterocycles. The summed E-state index contributed by atoms with van der Waals surface area (Å²) in [6.45, 7) is 1.06. The van der Waals surface area contributed by atoms with Gasteiger partial charge in [-0.1, -0.05) is 44.2 Å². The number of nitrogens with one attached hydrogen (secondary N) is 1. The summed E-state index contributed by atoms with van der Waals surface area (Å²) >= 11 is 5.43. The maximum absolute atomic E-state index is 5.43. The van der Waals surface area contributed by atoms with Gasteiger partial charge in [0.25, 0.3) is 0 Å². The largest absolute Gasteiger partial charge is 0.331 e. The first kappa shape index (κ1) is 12.0. The van der Waals surface area contributed by atoms with Crippen molar-refractivity contribution in [2.24, 2.45) is 5.92 Å². The summed E-state index contributed by atoms with van der Waals surface area (Å²) in [5.74, 6) is 0.911. The van der Waals surface area contributed by atoms with Crippen LogP contribution in [-0.2, 0) is 6.54 Å². The summed E-state index contributed by atoms with van der Waals surface area (Å²) in [7, 11) is 0. The topological polar surface area (TPSA) is 20.7 Å². The minimum atomic E-state index is 0.868. The highest BCUT2D eigenvalue weighted by atomic mass is 32.1. The van der Waals surface area contributed by atoms with Crippen molar-refractivity contribution in [3.8, 4) is 0 Å². The van der Waals surface area contributed by atoms with Crippen molar-refractivity contribution in [2.45, 2.75) is 45.1 Å². The number of benzene rings is 1. The van der Waals surface area contributed by atoms with Crippen LogP contribution in [0.2, 0.25) is 0 Å². The number of aromatic amines is 1. The fraction of sp³-hybridized carbons (Fsp3) is 0.533. The summed E-state index contributed by atoms with van der Waals surface area (Å²) < 4.78 is 3.13. The van der Waals surface area contributed by atoms with E-state index >= 15 is 0 Å². The maximum atomic E-state index is 5.43. The number of rotatable bonds is 3. The highest BCUT2D eigenvalue weighted by Crippen LogP contribution is 2.27. The van der Waals surface area contributed by atoms with Crippen LogP contribution < -0.4 is 0 Å². The van der Waals surface area contributed by atoms with Crippen LogP contribution >= 0.6 is 12.2 Å². The van der Waals surface area contributed by atoms with Crippen LogP contribution in [0.1, 0.15) is 38.5 Å². The molecule has 0 bridgehead atoms. The number of aromatic nitrogens is 2. The standard InChI is InChI=1S/C15H20N2S/c18-15-16-13-8-4-5-9-14(13)17(15)11-10-12-6-2-1-3-7-12/h4-5,8-9,12H,1-3,6-7,10-11H2,(H,16,18). The summed E-state index contributed by atoms with van der Waals surface area (Å²) in [6, 6.07) is 8.39. The fourth-order valence-corrected chi connectivity index (χ4v) is 3.42. The molecule has 0 amide bonds. The van der Waals surface area contributed by atoms with E-state index in [9.17, 15) is 0 Å². The zero-order valence-electron chi connectivity index (χ0n) is 10.7. The van der Waals surface area contributed by atoms with E-state index in [0.717, 1.165) is 22.8 Å². The first-order valence-electron chi connectivity index (χ1n) is 7.02. The van der Waals surface area contributed by atoms with Crippen molar-refractivity contribution in [1.29, 1.82) is 0 Å². The van der Waals surface area contributed by atoms with Gasteiger partial charge in [-0.15, -0.1) is 0 Å². The lowest BCUT2D eigenvalue weighted by molar-refractivity contribution is 0.325. The Bertz CT molecular complexity index is 575. The van der Waals surface area contributed by atoms with Crippen molar-refractivity contribution < 1.29 is 0 Å². The number of fused-ring (bicyclic) bond motifs is 1. The normalized spacial score (nSPS) is 17.3. The molecule has 1 N–H and O–H groups in total. The van der Waals surface area contributed by atoms with Crippen LogP contribution in [0.15, 0.2) is 24.3 Å². The van der Waals surface area contributed by atoms with Gasteiger partial charge in [0.15, 0.2) is 4.77 Å². The van der Waals surface area contributed by atoms with E-state index in [1.54, 1.807) is 0 Å². The third-order valence-electron chi connectivity index (χ3n) is 4.17. The van der Waals surface area contributed by atoms with Crippen molar-refractivity contribution in [2.75, 3.05) is 0 Å². The highest BCUT2D eigenvalue weighted by molar-refractivity contribution is 7.71. The summed E-state index contributed by atoms with van der Waals surface area (Å²) in [5.41, 5.74) is 2.41. The van der Waals surface area contributed by atoms with Crippen LogP contribution in [0.3, 0.4) is 0 Å². The van der Waals surface area contributed by atoms with Crippen molar-refractivity contribution >= 4 is 23.3 Å². The van der Waals surface area contributed by atoms with Crippen molar-refractivity contribution in [1.82, 2.24) is 9.55 Å². The molecule has 96 valence electrons. The lowest BCUT2D eigenvalue weighted by Gasteiger charge is -2.21. The summed E-state index contributed by atoms with van der Waals surface area (Å²) in [6.07, 6.45) is 8.37. The molecule has 0 atom stereocenters. The second-order valence-corrected chi connectivity index (χ2v) is 5.78. The smallest absolute Gasteiger partial charge is 0.178 e. The first-order chi connectivity index (χ1) is 8.84. The van der Waals surface area contributed by atoms with E-state index in [0.29, 0.717) is 0 Å². The third kappa shape index (κ3) is 2.37. The quantitative estimate of drug-likeness (QED) is 0.795. The van der Waals surface area contributed by atoms with E-state index in [1.807, 2.05) is 0 Å². The Morgan fingerprint density at radius 1 is 1.17 bits per heavy atom. The molecule has 0 spiro atoms. The number of nitrogens with zero attached hydrogens (tertiary/aromatic N) is 1. The molecule has 3 heteroatoms. The average molecular weight is 260 g/mol. The van der Waals surface area contributed by atoms with Gasteiger partial charge in [0.2, 0.25) is 0 Å². The Kier molecular flexibility index (Phi) is 3.50.